The second-order valence-electron chi connectivity index (χ2n) is 4.04. The number of halogens is 1. The van der Waals surface area contributed by atoms with Crippen molar-refractivity contribution in [3.05, 3.63) is 34.9 Å². The average molecular weight is 271 g/mol. The zero-order valence-corrected chi connectivity index (χ0v) is 11.0. The zero-order valence-electron chi connectivity index (χ0n) is 8.59. The fourth-order valence-corrected chi connectivity index (χ4v) is 4.12. The van der Waals surface area contributed by atoms with E-state index >= 15 is 0 Å². The van der Waals surface area contributed by atoms with Crippen LogP contribution in [0.1, 0.15) is 29.0 Å². The van der Waals surface area contributed by atoms with Gasteiger partial charge in [0.15, 0.2) is 0 Å². The maximum atomic E-state index is 3.68. The zero-order chi connectivity index (χ0) is 10.1. The molecule has 0 saturated carbocycles. The van der Waals surface area contributed by atoms with Gasteiger partial charge in [0.2, 0.25) is 0 Å². The molecule has 1 heterocycles. The van der Waals surface area contributed by atoms with Gasteiger partial charge in [0.05, 0.1) is 4.16 Å². The van der Waals surface area contributed by atoms with Crippen LogP contribution in [-0.4, -0.2) is 9.91 Å². The van der Waals surface area contributed by atoms with Crippen molar-refractivity contribution >= 4 is 27.7 Å². The van der Waals surface area contributed by atoms with E-state index in [-0.39, 0.29) is 0 Å². The van der Waals surface area contributed by atoms with E-state index < -0.39 is 0 Å². The molecule has 0 aliphatic carbocycles. The van der Waals surface area contributed by atoms with Crippen LogP contribution in [0.5, 0.6) is 0 Å². The Morgan fingerprint density at radius 2 is 2.14 bits per heavy atom. The molecule has 1 aliphatic heterocycles. The Labute approximate surface area is 98.6 Å². The highest BCUT2D eigenvalue weighted by Crippen LogP contribution is 2.41. The lowest BCUT2D eigenvalue weighted by atomic mass is 9.93. The van der Waals surface area contributed by atoms with E-state index in [9.17, 15) is 0 Å². The topological polar surface area (TPSA) is 0 Å². The molecule has 2 rings (SSSR count). The van der Waals surface area contributed by atoms with Crippen molar-refractivity contribution in [2.45, 2.75) is 30.3 Å². The van der Waals surface area contributed by atoms with Crippen LogP contribution in [0.25, 0.3) is 0 Å². The highest BCUT2D eigenvalue weighted by Gasteiger charge is 2.25. The second-order valence-corrected chi connectivity index (χ2v) is 6.98. The van der Waals surface area contributed by atoms with Crippen molar-refractivity contribution in [3.63, 3.8) is 0 Å². The Kier molecular flexibility index (Phi) is 3.23. The molecular formula is C12H15BrS. The normalized spacial score (nSPS) is 26.8. The summed E-state index contributed by atoms with van der Waals surface area (Å²) >= 11 is 5.71. The lowest BCUT2D eigenvalue weighted by Crippen LogP contribution is -2.00. The lowest BCUT2D eigenvalue weighted by Gasteiger charge is -2.12. The van der Waals surface area contributed by atoms with Gasteiger partial charge in [-0.15, -0.1) is 11.8 Å². The average Bonchev–Trinajstić information content (AvgIpc) is 2.51. The van der Waals surface area contributed by atoms with Crippen LogP contribution in [0.3, 0.4) is 0 Å². The minimum atomic E-state index is 0.660. The summed E-state index contributed by atoms with van der Waals surface area (Å²) < 4.78 is 0.660. The molecule has 1 aromatic rings. The molecule has 76 valence electrons. The first kappa shape index (κ1) is 10.6. The van der Waals surface area contributed by atoms with Crippen LogP contribution < -0.4 is 0 Å². The van der Waals surface area contributed by atoms with Gasteiger partial charge in [-0.1, -0.05) is 39.7 Å². The molecular weight excluding hydrogens is 256 g/mol. The molecule has 1 saturated heterocycles. The first-order valence-electron chi connectivity index (χ1n) is 4.99. The summed E-state index contributed by atoms with van der Waals surface area (Å²) in [4.78, 5) is 0. The molecule has 1 aromatic carbocycles. The van der Waals surface area contributed by atoms with Gasteiger partial charge in [-0.3, -0.25) is 0 Å². The maximum absolute atomic E-state index is 3.68. The number of alkyl halides is 1. The van der Waals surface area contributed by atoms with Crippen LogP contribution in [-0.2, 0) is 0 Å². The number of aryl methyl sites for hydroxylation is 2. The van der Waals surface area contributed by atoms with Gasteiger partial charge in [-0.25, -0.2) is 0 Å². The summed E-state index contributed by atoms with van der Waals surface area (Å²) in [5, 5.41) is 0. The fourth-order valence-electron chi connectivity index (χ4n) is 2.08. The van der Waals surface area contributed by atoms with Crippen molar-refractivity contribution in [1.82, 2.24) is 0 Å². The van der Waals surface area contributed by atoms with E-state index in [1.165, 1.54) is 23.3 Å². The van der Waals surface area contributed by atoms with Crippen molar-refractivity contribution < 1.29 is 0 Å². The second kappa shape index (κ2) is 4.28. The largest absolute Gasteiger partial charge is 0.146 e. The molecule has 0 bridgehead atoms. The van der Waals surface area contributed by atoms with Crippen LogP contribution >= 0.6 is 27.7 Å². The molecule has 0 spiro atoms. The quantitative estimate of drug-likeness (QED) is 0.688. The van der Waals surface area contributed by atoms with Gasteiger partial charge in [0.1, 0.15) is 0 Å². The summed E-state index contributed by atoms with van der Waals surface area (Å²) in [5.74, 6) is 2.02. The van der Waals surface area contributed by atoms with Gasteiger partial charge in [-0.2, -0.15) is 0 Å². The van der Waals surface area contributed by atoms with Crippen LogP contribution in [0.2, 0.25) is 0 Å². The number of benzene rings is 1. The van der Waals surface area contributed by atoms with Crippen LogP contribution in [0.15, 0.2) is 18.2 Å². The van der Waals surface area contributed by atoms with Gasteiger partial charge >= 0.3 is 0 Å². The molecule has 0 N–H and O–H groups in total. The monoisotopic (exact) mass is 270 g/mol. The van der Waals surface area contributed by atoms with Crippen LogP contribution in [0, 0.1) is 13.8 Å². The molecule has 0 aromatic heterocycles. The van der Waals surface area contributed by atoms with Gasteiger partial charge < -0.3 is 0 Å². The Balaban J connectivity index is 2.24. The lowest BCUT2D eigenvalue weighted by molar-refractivity contribution is 0.765. The Bertz CT molecular complexity index is 335. The summed E-state index contributed by atoms with van der Waals surface area (Å²) in [6.45, 7) is 4.39. The maximum Gasteiger partial charge on any atom is 0.0606 e. The molecule has 2 heteroatoms. The van der Waals surface area contributed by atoms with E-state index in [2.05, 4.69) is 48.0 Å². The van der Waals surface area contributed by atoms with Gasteiger partial charge in [-0.05, 0) is 37.3 Å². The van der Waals surface area contributed by atoms with E-state index in [4.69, 9.17) is 0 Å². The fraction of sp³-hybridized carbons (Fsp3) is 0.500. The molecule has 1 fully saturated rings. The Morgan fingerprint density at radius 3 is 2.71 bits per heavy atom. The van der Waals surface area contributed by atoms with E-state index in [0.29, 0.717) is 4.16 Å². The molecule has 2 unspecified atom stereocenters. The minimum absolute atomic E-state index is 0.660. The highest BCUT2D eigenvalue weighted by molar-refractivity contribution is 9.11. The smallest absolute Gasteiger partial charge is 0.0606 e. The van der Waals surface area contributed by atoms with E-state index in [1.807, 2.05) is 11.8 Å². The first-order valence-corrected chi connectivity index (χ1v) is 6.96. The van der Waals surface area contributed by atoms with E-state index in [0.717, 1.165) is 5.92 Å². The standard InChI is InChI=1S/C12H15BrS/c1-8-3-4-11(9(2)5-8)10-6-12(13)14-7-10/h3-5,10,12H,6-7H2,1-2H3. The molecule has 1 aliphatic rings. The third-order valence-corrected chi connectivity index (χ3v) is 5.13. The Morgan fingerprint density at radius 1 is 1.36 bits per heavy atom. The number of thioether (sulfide) groups is 1. The summed E-state index contributed by atoms with van der Waals surface area (Å²) in [6, 6.07) is 6.83. The van der Waals surface area contributed by atoms with Crippen molar-refractivity contribution in [1.29, 1.82) is 0 Å². The van der Waals surface area contributed by atoms with Crippen LogP contribution in [0.4, 0.5) is 0 Å². The minimum Gasteiger partial charge on any atom is -0.146 e. The number of hydrogen-bond donors (Lipinski definition) is 0. The summed E-state index contributed by atoms with van der Waals surface area (Å²) in [5.41, 5.74) is 4.37. The van der Waals surface area contributed by atoms with E-state index in [1.54, 1.807) is 5.56 Å². The SMILES string of the molecule is Cc1ccc(C2CSC(Br)C2)c(C)c1. The summed E-state index contributed by atoms with van der Waals surface area (Å²) in [7, 11) is 0. The molecule has 0 amide bonds. The van der Waals surface area contributed by atoms with Gasteiger partial charge in [0, 0.05) is 5.75 Å². The van der Waals surface area contributed by atoms with Crippen molar-refractivity contribution in [2.75, 3.05) is 5.75 Å². The summed E-state index contributed by atoms with van der Waals surface area (Å²) in [6.07, 6.45) is 1.27. The molecule has 0 nitrogen and oxygen atoms in total. The highest BCUT2D eigenvalue weighted by atomic mass is 79.9. The predicted molar refractivity (Wildman–Crippen MR) is 68.4 cm³/mol. The predicted octanol–water partition coefficient (Wildman–Crippen LogP) is 4.24. The number of rotatable bonds is 1. The Hall–Kier alpha value is 0.0500. The van der Waals surface area contributed by atoms with Crippen molar-refractivity contribution in [2.24, 2.45) is 0 Å². The molecule has 14 heavy (non-hydrogen) atoms. The van der Waals surface area contributed by atoms with Crippen molar-refractivity contribution in [3.8, 4) is 0 Å². The molecule has 2 atom stereocenters. The third kappa shape index (κ3) is 2.17. The number of hydrogen-bond acceptors (Lipinski definition) is 1. The third-order valence-electron chi connectivity index (χ3n) is 2.81. The molecule has 0 radical (unpaired) electrons. The first-order chi connectivity index (χ1) is 6.66. The van der Waals surface area contributed by atoms with Gasteiger partial charge in [0.25, 0.3) is 0 Å².